The Hall–Kier alpha value is -3.72. The van der Waals surface area contributed by atoms with Gasteiger partial charge in [-0.3, -0.25) is 14.9 Å². The number of nitro benzene ring substituents is 1. The normalized spacial score (nSPS) is 10.6. The topological polar surface area (TPSA) is 103 Å². The molecule has 0 saturated carbocycles. The third-order valence-electron chi connectivity index (χ3n) is 3.97. The smallest absolute Gasteiger partial charge is 0.277 e. The quantitative estimate of drug-likeness (QED) is 0.274. The maximum Gasteiger partial charge on any atom is 0.277 e. The molecule has 158 valence electrons. The van der Waals surface area contributed by atoms with E-state index in [1.807, 2.05) is 42.5 Å². The minimum absolute atomic E-state index is 0.0516. The molecule has 0 aliphatic heterocycles. The van der Waals surface area contributed by atoms with Gasteiger partial charge < -0.3 is 9.47 Å². The second kappa shape index (κ2) is 10.9. The number of ether oxygens (including phenoxy) is 2. The summed E-state index contributed by atoms with van der Waals surface area (Å²) < 4.78 is 12.1. The summed E-state index contributed by atoms with van der Waals surface area (Å²) in [5, 5.41) is 14.5. The fourth-order valence-electron chi connectivity index (χ4n) is 2.50. The SMILES string of the molecule is O=C(COc1ccc([N+](=O)[O-])cc1)N/N=C\c1cccc(OCc2cccc(Br)c2)c1. The molecule has 0 aliphatic carbocycles. The van der Waals surface area contributed by atoms with Crippen molar-refractivity contribution in [3.8, 4) is 11.5 Å². The lowest BCUT2D eigenvalue weighted by Crippen LogP contribution is -2.24. The van der Waals surface area contributed by atoms with Gasteiger partial charge >= 0.3 is 0 Å². The Morgan fingerprint density at radius 2 is 1.81 bits per heavy atom. The number of hydrogen-bond acceptors (Lipinski definition) is 6. The van der Waals surface area contributed by atoms with Gasteiger partial charge in [-0.1, -0.05) is 40.2 Å². The van der Waals surface area contributed by atoms with Crippen molar-refractivity contribution in [2.45, 2.75) is 6.61 Å². The van der Waals surface area contributed by atoms with Crippen molar-refractivity contribution in [2.75, 3.05) is 6.61 Å². The van der Waals surface area contributed by atoms with Crippen LogP contribution < -0.4 is 14.9 Å². The average molecular weight is 484 g/mol. The van der Waals surface area contributed by atoms with E-state index in [2.05, 4.69) is 26.5 Å². The number of benzene rings is 3. The fourth-order valence-corrected chi connectivity index (χ4v) is 2.95. The molecule has 0 aliphatic rings. The van der Waals surface area contributed by atoms with E-state index in [1.165, 1.54) is 30.5 Å². The number of non-ortho nitro benzene ring substituents is 1. The summed E-state index contributed by atoms with van der Waals surface area (Å²) in [5.41, 5.74) is 4.10. The van der Waals surface area contributed by atoms with E-state index in [4.69, 9.17) is 9.47 Å². The number of nitro groups is 1. The predicted octanol–water partition coefficient (Wildman–Crippen LogP) is 4.47. The third-order valence-corrected chi connectivity index (χ3v) is 4.47. The van der Waals surface area contributed by atoms with E-state index in [0.29, 0.717) is 18.1 Å². The first-order valence-electron chi connectivity index (χ1n) is 9.16. The van der Waals surface area contributed by atoms with Crippen molar-refractivity contribution in [1.82, 2.24) is 5.43 Å². The Balaban J connectivity index is 1.46. The number of halogens is 1. The van der Waals surface area contributed by atoms with Crippen LogP contribution in [-0.2, 0) is 11.4 Å². The number of carbonyl (C=O) groups is 1. The van der Waals surface area contributed by atoms with Gasteiger partial charge in [0.1, 0.15) is 18.1 Å². The van der Waals surface area contributed by atoms with Gasteiger partial charge in [0.15, 0.2) is 6.61 Å². The van der Waals surface area contributed by atoms with Crippen LogP contribution in [-0.4, -0.2) is 23.7 Å². The van der Waals surface area contributed by atoms with Gasteiger partial charge in [0.2, 0.25) is 0 Å². The standard InChI is InChI=1S/C22H18BrN3O5/c23-18-5-1-4-17(11-18)14-30-21-6-2-3-16(12-21)13-24-25-22(27)15-31-20-9-7-19(8-10-20)26(28)29/h1-13H,14-15H2,(H,25,27)/b24-13-. The van der Waals surface area contributed by atoms with Gasteiger partial charge in [0.25, 0.3) is 11.6 Å². The molecule has 0 atom stereocenters. The van der Waals surface area contributed by atoms with E-state index in [9.17, 15) is 14.9 Å². The van der Waals surface area contributed by atoms with Crippen molar-refractivity contribution in [3.05, 3.63) is 98.5 Å². The molecule has 1 N–H and O–H groups in total. The number of hydrogen-bond donors (Lipinski definition) is 1. The van der Waals surface area contributed by atoms with Gasteiger partial charge in [0.05, 0.1) is 11.1 Å². The lowest BCUT2D eigenvalue weighted by atomic mass is 10.2. The van der Waals surface area contributed by atoms with Crippen LogP contribution in [0.4, 0.5) is 5.69 Å². The molecular weight excluding hydrogens is 466 g/mol. The minimum Gasteiger partial charge on any atom is -0.489 e. The van der Waals surface area contributed by atoms with E-state index >= 15 is 0 Å². The average Bonchev–Trinajstić information content (AvgIpc) is 2.77. The summed E-state index contributed by atoms with van der Waals surface area (Å²) in [6, 6.07) is 20.6. The van der Waals surface area contributed by atoms with E-state index < -0.39 is 10.8 Å². The highest BCUT2D eigenvalue weighted by Gasteiger charge is 2.06. The molecule has 0 bridgehead atoms. The number of nitrogens with one attached hydrogen (secondary N) is 1. The van der Waals surface area contributed by atoms with Crippen LogP contribution in [0.5, 0.6) is 11.5 Å². The molecule has 0 fully saturated rings. The van der Waals surface area contributed by atoms with Crippen LogP contribution in [0.15, 0.2) is 82.4 Å². The molecule has 0 heterocycles. The molecule has 31 heavy (non-hydrogen) atoms. The van der Waals surface area contributed by atoms with Gasteiger partial charge in [0, 0.05) is 16.6 Å². The minimum atomic E-state index is -0.508. The maximum atomic E-state index is 11.8. The van der Waals surface area contributed by atoms with E-state index in [-0.39, 0.29) is 12.3 Å². The van der Waals surface area contributed by atoms with Crippen molar-refractivity contribution in [3.63, 3.8) is 0 Å². The second-order valence-corrected chi connectivity index (χ2v) is 7.24. The highest BCUT2D eigenvalue weighted by atomic mass is 79.9. The van der Waals surface area contributed by atoms with E-state index in [0.717, 1.165) is 15.6 Å². The second-order valence-electron chi connectivity index (χ2n) is 6.32. The van der Waals surface area contributed by atoms with Gasteiger partial charge in [-0.05, 0) is 47.5 Å². The maximum absolute atomic E-state index is 11.8. The van der Waals surface area contributed by atoms with Gasteiger partial charge in [-0.15, -0.1) is 0 Å². The summed E-state index contributed by atoms with van der Waals surface area (Å²) >= 11 is 3.43. The van der Waals surface area contributed by atoms with Gasteiger partial charge in [-0.25, -0.2) is 5.43 Å². The molecule has 0 saturated heterocycles. The predicted molar refractivity (Wildman–Crippen MR) is 119 cm³/mol. The molecule has 0 unspecified atom stereocenters. The zero-order valence-corrected chi connectivity index (χ0v) is 17.8. The molecule has 3 aromatic rings. The first-order valence-corrected chi connectivity index (χ1v) is 9.95. The Kier molecular flexibility index (Phi) is 7.72. The molecule has 3 rings (SSSR count). The lowest BCUT2D eigenvalue weighted by Gasteiger charge is -2.07. The first kappa shape index (κ1) is 22.0. The summed E-state index contributed by atoms with van der Waals surface area (Å²) in [6.07, 6.45) is 1.50. The van der Waals surface area contributed by atoms with E-state index in [1.54, 1.807) is 6.07 Å². The summed E-state index contributed by atoms with van der Waals surface area (Å²) in [4.78, 5) is 22.0. The van der Waals surface area contributed by atoms with Crippen molar-refractivity contribution < 1.29 is 19.2 Å². The number of hydrazone groups is 1. The van der Waals surface area contributed by atoms with Crippen LogP contribution in [0.25, 0.3) is 0 Å². The molecule has 1 amide bonds. The molecule has 3 aromatic carbocycles. The summed E-state index contributed by atoms with van der Waals surface area (Å²) in [7, 11) is 0. The zero-order chi connectivity index (χ0) is 22.1. The van der Waals surface area contributed by atoms with Crippen LogP contribution in [0.3, 0.4) is 0 Å². The highest BCUT2D eigenvalue weighted by Crippen LogP contribution is 2.18. The van der Waals surface area contributed by atoms with Crippen molar-refractivity contribution >= 4 is 33.7 Å². The van der Waals surface area contributed by atoms with Crippen LogP contribution in [0.1, 0.15) is 11.1 Å². The number of rotatable bonds is 9. The number of nitrogens with zero attached hydrogens (tertiary/aromatic N) is 2. The van der Waals surface area contributed by atoms with Crippen LogP contribution in [0, 0.1) is 10.1 Å². The largest absolute Gasteiger partial charge is 0.489 e. The molecule has 0 spiro atoms. The highest BCUT2D eigenvalue weighted by molar-refractivity contribution is 9.10. The van der Waals surface area contributed by atoms with Crippen LogP contribution in [0.2, 0.25) is 0 Å². The third kappa shape index (κ3) is 7.23. The molecule has 0 aromatic heterocycles. The summed E-state index contributed by atoms with van der Waals surface area (Å²) in [5.74, 6) is 0.563. The zero-order valence-electron chi connectivity index (χ0n) is 16.2. The van der Waals surface area contributed by atoms with Crippen LogP contribution >= 0.6 is 15.9 Å². The number of amides is 1. The molecule has 9 heteroatoms. The molecular formula is C22H18BrN3O5. The Bertz CT molecular complexity index is 1090. The Labute approximate surface area is 186 Å². The molecule has 0 radical (unpaired) electrons. The Morgan fingerprint density at radius 3 is 2.55 bits per heavy atom. The fraction of sp³-hybridized carbons (Fsp3) is 0.0909. The van der Waals surface area contributed by atoms with Gasteiger partial charge in [-0.2, -0.15) is 5.10 Å². The Morgan fingerprint density at radius 1 is 1.03 bits per heavy atom. The summed E-state index contributed by atoms with van der Waals surface area (Å²) in [6.45, 7) is 0.154. The lowest BCUT2D eigenvalue weighted by molar-refractivity contribution is -0.384. The molecule has 8 nitrogen and oxygen atoms in total. The van der Waals surface area contributed by atoms with Crippen molar-refractivity contribution in [1.29, 1.82) is 0 Å². The monoisotopic (exact) mass is 483 g/mol. The number of carbonyl (C=O) groups excluding carboxylic acids is 1. The van der Waals surface area contributed by atoms with Crippen molar-refractivity contribution in [2.24, 2.45) is 5.10 Å². The first-order chi connectivity index (χ1) is 15.0.